The summed E-state index contributed by atoms with van der Waals surface area (Å²) in [4.78, 5) is 4.92. The van der Waals surface area contributed by atoms with Gasteiger partial charge in [-0.1, -0.05) is 26.7 Å². The molecule has 3 nitrogen and oxygen atoms in total. The maximum Gasteiger partial charge on any atom is 0.112 e. The summed E-state index contributed by atoms with van der Waals surface area (Å²) in [5, 5.41) is 0. The van der Waals surface area contributed by atoms with E-state index in [2.05, 4.69) is 25.5 Å². The van der Waals surface area contributed by atoms with Crippen molar-refractivity contribution in [1.29, 1.82) is 0 Å². The fourth-order valence-corrected chi connectivity index (χ4v) is 3.22. The van der Waals surface area contributed by atoms with Crippen molar-refractivity contribution < 1.29 is 0 Å². The van der Waals surface area contributed by atoms with Crippen LogP contribution < -0.4 is 5.73 Å². The highest BCUT2D eigenvalue weighted by Crippen LogP contribution is 2.29. The minimum absolute atomic E-state index is 0.316. The number of rotatable bonds is 5. The Labute approximate surface area is 111 Å². The predicted octanol–water partition coefficient (Wildman–Crippen LogP) is 2.92. The molecule has 1 aliphatic carbocycles. The van der Waals surface area contributed by atoms with Crippen molar-refractivity contribution >= 4 is 0 Å². The van der Waals surface area contributed by atoms with Crippen LogP contribution in [0.25, 0.3) is 0 Å². The largest absolute Gasteiger partial charge is 0.335 e. The van der Waals surface area contributed by atoms with Gasteiger partial charge in [-0.3, -0.25) is 0 Å². The third-order valence-corrected chi connectivity index (χ3v) is 4.18. The summed E-state index contributed by atoms with van der Waals surface area (Å²) in [5.41, 5.74) is 8.75. The van der Waals surface area contributed by atoms with Crippen molar-refractivity contribution in [3.8, 4) is 0 Å². The van der Waals surface area contributed by atoms with Gasteiger partial charge in [-0.25, -0.2) is 4.98 Å². The molecule has 0 saturated carbocycles. The van der Waals surface area contributed by atoms with E-state index in [9.17, 15) is 0 Å². The maximum atomic E-state index is 6.05. The van der Waals surface area contributed by atoms with Gasteiger partial charge < -0.3 is 10.3 Å². The maximum absolute atomic E-state index is 6.05. The molecule has 2 N–H and O–H groups in total. The van der Waals surface area contributed by atoms with Crippen molar-refractivity contribution in [3.05, 3.63) is 17.2 Å². The van der Waals surface area contributed by atoms with Gasteiger partial charge in [-0.05, 0) is 25.7 Å². The molecule has 1 aromatic heterocycles. The lowest BCUT2D eigenvalue weighted by molar-refractivity contribution is 0.513. The fourth-order valence-electron chi connectivity index (χ4n) is 3.22. The molecule has 0 spiro atoms. The molecule has 0 aromatic carbocycles. The highest BCUT2D eigenvalue weighted by molar-refractivity contribution is 5.23. The van der Waals surface area contributed by atoms with E-state index < -0.39 is 0 Å². The first kappa shape index (κ1) is 13.6. The Kier molecular flexibility index (Phi) is 4.44. The molecule has 1 atom stereocenters. The molecule has 0 bridgehead atoms. The normalized spacial score (nSPS) is 19.3. The Morgan fingerprint density at radius 1 is 1.33 bits per heavy atom. The third kappa shape index (κ3) is 2.61. The number of imidazole rings is 1. The number of fused-ring (bicyclic) bond motifs is 1. The van der Waals surface area contributed by atoms with Crippen molar-refractivity contribution in [3.63, 3.8) is 0 Å². The van der Waals surface area contributed by atoms with Gasteiger partial charge in [0.15, 0.2) is 0 Å². The number of nitrogens with zero attached hydrogens (tertiary/aromatic N) is 2. The number of nitrogens with two attached hydrogens (primary N) is 1. The highest BCUT2D eigenvalue weighted by Gasteiger charge is 2.25. The summed E-state index contributed by atoms with van der Waals surface area (Å²) in [6.07, 6.45) is 8.16. The highest BCUT2D eigenvalue weighted by atomic mass is 15.1. The summed E-state index contributed by atoms with van der Waals surface area (Å²) < 4.78 is 2.36. The fraction of sp³-hybridized carbons (Fsp3) is 0.800. The second kappa shape index (κ2) is 5.87. The third-order valence-electron chi connectivity index (χ3n) is 4.18. The zero-order valence-electron chi connectivity index (χ0n) is 12.1. The van der Waals surface area contributed by atoms with Gasteiger partial charge in [0.1, 0.15) is 5.82 Å². The standard InChI is InChI=1S/C15H27N3/c1-4-6-11(7-5-2)15-17-13-10-12(16)8-9-14(13)18(15)3/h11-12H,4-10,16H2,1-3H3. The molecule has 0 radical (unpaired) electrons. The van der Waals surface area contributed by atoms with E-state index in [0.29, 0.717) is 12.0 Å². The van der Waals surface area contributed by atoms with Gasteiger partial charge >= 0.3 is 0 Å². The van der Waals surface area contributed by atoms with Crippen LogP contribution in [0.4, 0.5) is 0 Å². The Bertz CT molecular complexity index is 389. The van der Waals surface area contributed by atoms with Crippen LogP contribution in [0.15, 0.2) is 0 Å². The molecule has 0 amide bonds. The smallest absolute Gasteiger partial charge is 0.112 e. The molecule has 0 saturated heterocycles. The SMILES string of the molecule is CCCC(CCC)c1nc2c(n1C)CCC(N)C2. The van der Waals surface area contributed by atoms with Gasteiger partial charge in [-0.15, -0.1) is 0 Å². The van der Waals surface area contributed by atoms with E-state index in [1.54, 1.807) is 0 Å². The van der Waals surface area contributed by atoms with Crippen LogP contribution in [0.5, 0.6) is 0 Å². The summed E-state index contributed by atoms with van der Waals surface area (Å²) >= 11 is 0. The summed E-state index contributed by atoms with van der Waals surface area (Å²) in [5.74, 6) is 1.93. The zero-order valence-corrected chi connectivity index (χ0v) is 12.1. The molecule has 18 heavy (non-hydrogen) atoms. The molecule has 0 fully saturated rings. The van der Waals surface area contributed by atoms with E-state index in [1.807, 2.05) is 0 Å². The molecule has 0 aliphatic heterocycles. The monoisotopic (exact) mass is 249 g/mol. The lowest BCUT2D eigenvalue weighted by Gasteiger charge is -2.18. The first-order valence-corrected chi connectivity index (χ1v) is 7.47. The zero-order chi connectivity index (χ0) is 13.1. The van der Waals surface area contributed by atoms with Crippen molar-refractivity contribution in [2.75, 3.05) is 0 Å². The average molecular weight is 249 g/mol. The van der Waals surface area contributed by atoms with Gasteiger partial charge in [0, 0.05) is 31.1 Å². The summed E-state index contributed by atoms with van der Waals surface area (Å²) in [7, 11) is 2.19. The Morgan fingerprint density at radius 2 is 2.00 bits per heavy atom. The quantitative estimate of drug-likeness (QED) is 0.872. The van der Waals surface area contributed by atoms with Gasteiger partial charge in [0.25, 0.3) is 0 Å². The minimum atomic E-state index is 0.316. The van der Waals surface area contributed by atoms with Crippen molar-refractivity contribution in [2.24, 2.45) is 12.8 Å². The molecule has 1 unspecified atom stereocenters. The van der Waals surface area contributed by atoms with Crippen LogP contribution in [0.2, 0.25) is 0 Å². The van der Waals surface area contributed by atoms with Gasteiger partial charge in [0.2, 0.25) is 0 Å². The molecule has 102 valence electrons. The van der Waals surface area contributed by atoms with Crippen LogP contribution in [0.3, 0.4) is 0 Å². The number of aromatic nitrogens is 2. The summed E-state index contributed by atoms with van der Waals surface area (Å²) in [6, 6.07) is 0.316. The molecule has 3 heteroatoms. The summed E-state index contributed by atoms with van der Waals surface area (Å²) in [6.45, 7) is 4.53. The van der Waals surface area contributed by atoms with Crippen LogP contribution in [-0.2, 0) is 19.9 Å². The van der Waals surface area contributed by atoms with Crippen molar-refractivity contribution in [1.82, 2.24) is 9.55 Å². The van der Waals surface area contributed by atoms with E-state index in [0.717, 1.165) is 19.3 Å². The lowest BCUT2D eigenvalue weighted by atomic mass is 9.97. The van der Waals surface area contributed by atoms with Crippen LogP contribution in [0.1, 0.15) is 69.1 Å². The van der Waals surface area contributed by atoms with Crippen molar-refractivity contribution in [2.45, 2.75) is 70.8 Å². The van der Waals surface area contributed by atoms with E-state index in [4.69, 9.17) is 10.7 Å². The molecule has 2 rings (SSSR count). The van der Waals surface area contributed by atoms with E-state index in [1.165, 1.54) is 42.9 Å². The Morgan fingerprint density at radius 3 is 2.61 bits per heavy atom. The van der Waals surface area contributed by atoms with E-state index in [-0.39, 0.29) is 0 Å². The number of hydrogen-bond donors (Lipinski definition) is 1. The van der Waals surface area contributed by atoms with Gasteiger partial charge in [0.05, 0.1) is 5.69 Å². The molecule has 1 aromatic rings. The average Bonchev–Trinajstić information content (AvgIpc) is 2.66. The van der Waals surface area contributed by atoms with Crippen LogP contribution >= 0.6 is 0 Å². The molecular formula is C15H27N3. The topological polar surface area (TPSA) is 43.8 Å². The first-order valence-electron chi connectivity index (χ1n) is 7.47. The molecule has 1 heterocycles. The second-order valence-electron chi connectivity index (χ2n) is 5.70. The molecule has 1 aliphatic rings. The minimum Gasteiger partial charge on any atom is -0.335 e. The van der Waals surface area contributed by atoms with Crippen LogP contribution in [0, 0.1) is 0 Å². The van der Waals surface area contributed by atoms with Gasteiger partial charge in [-0.2, -0.15) is 0 Å². The predicted molar refractivity (Wildman–Crippen MR) is 75.8 cm³/mol. The first-order chi connectivity index (χ1) is 8.67. The Balaban J connectivity index is 2.27. The molecular weight excluding hydrogens is 222 g/mol. The lowest BCUT2D eigenvalue weighted by Crippen LogP contribution is -2.28. The Hall–Kier alpha value is -0.830. The van der Waals surface area contributed by atoms with Crippen LogP contribution in [-0.4, -0.2) is 15.6 Å². The van der Waals surface area contributed by atoms with E-state index >= 15 is 0 Å². The number of hydrogen-bond acceptors (Lipinski definition) is 2. The second-order valence-corrected chi connectivity index (χ2v) is 5.70.